The molecule has 0 aliphatic carbocycles. The molecule has 0 aliphatic rings. The number of benzene rings is 2. The van der Waals surface area contributed by atoms with Gasteiger partial charge in [0.1, 0.15) is 0 Å². The van der Waals surface area contributed by atoms with E-state index in [2.05, 4.69) is 61.7 Å². The number of anilines is 4. The highest BCUT2D eigenvalue weighted by atomic mass is 16.1. The maximum absolute atomic E-state index is 11.6. The molecular weight excluding hydrogens is 310 g/mol. The second kappa shape index (κ2) is 8.56. The summed E-state index contributed by atoms with van der Waals surface area (Å²) >= 11 is 0. The largest absolute Gasteiger partial charge is 0.377 e. The highest BCUT2D eigenvalue weighted by molar-refractivity contribution is 5.91. The number of amides is 1. The maximum atomic E-state index is 11.6. The Bertz CT molecular complexity index is 738. The summed E-state index contributed by atoms with van der Waals surface area (Å²) in [5.41, 5.74) is 6.77. The molecular formula is C21H29N3O. The fraction of sp³-hybridized carbons (Fsp3) is 0.381. The summed E-state index contributed by atoms with van der Waals surface area (Å²) in [4.78, 5) is 13.7. The van der Waals surface area contributed by atoms with Crippen molar-refractivity contribution < 1.29 is 4.79 Å². The fourth-order valence-electron chi connectivity index (χ4n) is 2.87. The molecule has 0 fully saturated rings. The molecule has 134 valence electrons. The molecule has 2 N–H and O–H groups in total. The van der Waals surface area contributed by atoms with Gasteiger partial charge in [-0.3, -0.25) is 4.79 Å². The number of hydrogen-bond donors (Lipinski definition) is 2. The summed E-state index contributed by atoms with van der Waals surface area (Å²) < 4.78 is 0. The van der Waals surface area contributed by atoms with Crippen LogP contribution in [0.3, 0.4) is 0 Å². The van der Waals surface area contributed by atoms with Crippen LogP contribution in [-0.4, -0.2) is 20.0 Å². The highest BCUT2D eigenvalue weighted by Gasteiger charge is 2.08. The fourth-order valence-corrected chi connectivity index (χ4v) is 2.87. The Kier molecular flexibility index (Phi) is 6.45. The van der Waals surface area contributed by atoms with Crippen molar-refractivity contribution in [1.29, 1.82) is 0 Å². The van der Waals surface area contributed by atoms with E-state index in [0.717, 1.165) is 29.9 Å². The topological polar surface area (TPSA) is 44.4 Å². The number of hydrogen-bond acceptors (Lipinski definition) is 3. The first-order valence-electron chi connectivity index (χ1n) is 8.98. The molecule has 0 atom stereocenters. The molecule has 0 bridgehead atoms. The summed E-state index contributed by atoms with van der Waals surface area (Å²) in [5.74, 6) is 0.0367. The molecule has 2 rings (SSSR count). The lowest BCUT2D eigenvalue weighted by Gasteiger charge is -2.19. The van der Waals surface area contributed by atoms with Crippen LogP contribution in [0.1, 0.15) is 38.3 Å². The third-order valence-electron chi connectivity index (χ3n) is 4.31. The van der Waals surface area contributed by atoms with Crippen molar-refractivity contribution in [2.45, 2.75) is 40.0 Å². The summed E-state index contributed by atoms with van der Waals surface area (Å²) in [5, 5.41) is 6.45. The van der Waals surface area contributed by atoms with Crippen LogP contribution in [0.2, 0.25) is 0 Å². The summed E-state index contributed by atoms with van der Waals surface area (Å²) in [6.45, 7) is 6.15. The summed E-state index contributed by atoms with van der Waals surface area (Å²) in [6, 6.07) is 12.5. The van der Waals surface area contributed by atoms with Crippen LogP contribution in [0.25, 0.3) is 0 Å². The van der Waals surface area contributed by atoms with E-state index in [1.54, 1.807) is 0 Å². The zero-order valence-corrected chi connectivity index (χ0v) is 15.9. The van der Waals surface area contributed by atoms with Crippen LogP contribution in [0.15, 0.2) is 36.4 Å². The van der Waals surface area contributed by atoms with Gasteiger partial charge in [0.15, 0.2) is 0 Å². The van der Waals surface area contributed by atoms with E-state index < -0.39 is 0 Å². The van der Waals surface area contributed by atoms with E-state index in [9.17, 15) is 4.79 Å². The maximum Gasteiger partial charge on any atom is 0.224 e. The van der Waals surface area contributed by atoms with Gasteiger partial charge in [-0.1, -0.05) is 20.8 Å². The Morgan fingerprint density at radius 2 is 1.56 bits per heavy atom. The van der Waals surface area contributed by atoms with Gasteiger partial charge in [-0.15, -0.1) is 0 Å². The molecule has 0 unspecified atom stereocenters. The van der Waals surface area contributed by atoms with Gasteiger partial charge in [-0.05, 0) is 60.4 Å². The molecule has 4 nitrogen and oxygen atoms in total. The zero-order valence-electron chi connectivity index (χ0n) is 15.9. The minimum absolute atomic E-state index is 0.0367. The van der Waals surface area contributed by atoms with Crippen molar-refractivity contribution in [3.05, 3.63) is 47.5 Å². The van der Waals surface area contributed by atoms with Crippen molar-refractivity contribution >= 4 is 28.7 Å². The van der Waals surface area contributed by atoms with Gasteiger partial charge in [-0.25, -0.2) is 0 Å². The van der Waals surface area contributed by atoms with Gasteiger partial charge < -0.3 is 15.5 Å². The molecule has 25 heavy (non-hydrogen) atoms. The normalized spacial score (nSPS) is 10.4. The number of aryl methyl sites for hydroxylation is 2. The lowest BCUT2D eigenvalue weighted by atomic mass is 10.1. The molecule has 2 aromatic rings. The second-order valence-electron chi connectivity index (χ2n) is 6.34. The molecule has 2 aromatic carbocycles. The van der Waals surface area contributed by atoms with Crippen molar-refractivity contribution in [1.82, 2.24) is 0 Å². The quantitative estimate of drug-likeness (QED) is 0.748. The molecule has 0 aliphatic heterocycles. The van der Waals surface area contributed by atoms with E-state index in [-0.39, 0.29) is 5.91 Å². The van der Waals surface area contributed by atoms with Crippen molar-refractivity contribution in [2.75, 3.05) is 29.6 Å². The number of nitrogens with one attached hydrogen (secondary N) is 2. The van der Waals surface area contributed by atoms with E-state index in [0.29, 0.717) is 6.42 Å². The van der Waals surface area contributed by atoms with E-state index in [4.69, 9.17) is 0 Å². The minimum atomic E-state index is 0.0367. The van der Waals surface area contributed by atoms with E-state index in [1.807, 2.05) is 25.1 Å². The number of rotatable bonds is 7. The summed E-state index contributed by atoms with van der Waals surface area (Å²) in [7, 11) is 4.14. The predicted molar refractivity (Wildman–Crippen MR) is 108 cm³/mol. The van der Waals surface area contributed by atoms with Gasteiger partial charge in [0.2, 0.25) is 5.91 Å². The Morgan fingerprint density at radius 3 is 2.16 bits per heavy atom. The first kappa shape index (κ1) is 18.8. The van der Waals surface area contributed by atoms with Gasteiger partial charge >= 0.3 is 0 Å². The van der Waals surface area contributed by atoms with Gasteiger partial charge in [-0.2, -0.15) is 0 Å². The monoisotopic (exact) mass is 339 g/mol. The van der Waals surface area contributed by atoms with E-state index in [1.165, 1.54) is 16.8 Å². The standard InChI is InChI=1S/C21H29N3O/c1-6-15-13-18(23-21(25)8-3)9-11-19(15)22-17-10-12-20(24(4)5)16(7-2)14-17/h9-14,22H,6-8H2,1-5H3,(H,23,25). The lowest BCUT2D eigenvalue weighted by Crippen LogP contribution is -2.11. The molecule has 0 heterocycles. The van der Waals surface area contributed by atoms with Crippen molar-refractivity contribution in [2.24, 2.45) is 0 Å². The van der Waals surface area contributed by atoms with Crippen molar-refractivity contribution in [3.8, 4) is 0 Å². The molecule has 4 heteroatoms. The minimum Gasteiger partial charge on any atom is -0.377 e. The van der Waals surface area contributed by atoms with Crippen LogP contribution in [0.5, 0.6) is 0 Å². The van der Waals surface area contributed by atoms with E-state index >= 15 is 0 Å². The molecule has 0 radical (unpaired) electrons. The van der Waals surface area contributed by atoms with Gasteiger partial charge in [0.05, 0.1) is 0 Å². The molecule has 1 amide bonds. The number of carbonyl (C=O) groups excluding carboxylic acids is 1. The van der Waals surface area contributed by atoms with Gasteiger partial charge in [0.25, 0.3) is 0 Å². The van der Waals surface area contributed by atoms with Crippen LogP contribution in [-0.2, 0) is 17.6 Å². The SMILES string of the molecule is CCC(=O)Nc1ccc(Nc2ccc(N(C)C)c(CC)c2)c(CC)c1. The third kappa shape index (κ3) is 4.75. The first-order chi connectivity index (χ1) is 12.0. The smallest absolute Gasteiger partial charge is 0.224 e. The molecule has 0 saturated carbocycles. The number of nitrogens with zero attached hydrogens (tertiary/aromatic N) is 1. The molecule has 0 saturated heterocycles. The Hall–Kier alpha value is -2.49. The third-order valence-corrected chi connectivity index (χ3v) is 4.31. The molecule has 0 aromatic heterocycles. The van der Waals surface area contributed by atoms with Gasteiger partial charge in [0, 0.05) is 43.3 Å². The second-order valence-corrected chi connectivity index (χ2v) is 6.34. The lowest BCUT2D eigenvalue weighted by molar-refractivity contribution is -0.115. The number of carbonyl (C=O) groups is 1. The van der Waals surface area contributed by atoms with Crippen LogP contribution in [0, 0.1) is 0 Å². The Balaban J connectivity index is 2.26. The van der Waals surface area contributed by atoms with Crippen LogP contribution < -0.4 is 15.5 Å². The van der Waals surface area contributed by atoms with Crippen LogP contribution in [0.4, 0.5) is 22.7 Å². The average Bonchev–Trinajstić information content (AvgIpc) is 2.62. The molecule has 0 spiro atoms. The van der Waals surface area contributed by atoms with Crippen molar-refractivity contribution in [3.63, 3.8) is 0 Å². The Labute approximate surface area is 151 Å². The zero-order chi connectivity index (χ0) is 18.4. The highest BCUT2D eigenvalue weighted by Crippen LogP contribution is 2.28. The summed E-state index contributed by atoms with van der Waals surface area (Å²) in [6.07, 6.45) is 2.37. The first-order valence-corrected chi connectivity index (χ1v) is 8.98. The average molecular weight is 339 g/mol. The Morgan fingerprint density at radius 1 is 0.920 bits per heavy atom. The van der Waals surface area contributed by atoms with Crippen LogP contribution >= 0.6 is 0 Å². The predicted octanol–water partition coefficient (Wildman–Crippen LogP) is 4.97.